The smallest absolute Gasteiger partial charge is 0.225 e. The highest BCUT2D eigenvalue weighted by Crippen LogP contribution is 2.28. The predicted molar refractivity (Wildman–Crippen MR) is 59.4 cm³/mol. The van der Waals surface area contributed by atoms with Crippen LogP contribution in [-0.4, -0.2) is 17.8 Å². The standard InChI is InChI=1S/C11H8FNO2S/c1-15-11-5-10(16-13-11)7-2-3-8(6-14)9(12)4-7/h2-6H,1H3. The number of benzene rings is 1. The minimum atomic E-state index is -0.528. The molecule has 0 saturated heterocycles. The quantitative estimate of drug-likeness (QED) is 0.770. The van der Waals surface area contributed by atoms with Crippen molar-refractivity contribution in [3.63, 3.8) is 0 Å². The van der Waals surface area contributed by atoms with E-state index in [1.165, 1.54) is 30.8 Å². The molecule has 2 rings (SSSR count). The Labute approximate surface area is 95.7 Å². The molecule has 0 saturated carbocycles. The van der Waals surface area contributed by atoms with Crippen LogP contribution in [0.4, 0.5) is 4.39 Å². The van der Waals surface area contributed by atoms with E-state index in [0.717, 1.165) is 4.88 Å². The molecule has 1 aromatic carbocycles. The maximum Gasteiger partial charge on any atom is 0.225 e. The van der Waals surface area contributed by atoms with Crippen LogP contribution >= 0.6 is 11.5 Å². The highest BCUT2D eigenvalue weighted by molar-refractivity contribution is 7.09. The number of ether oxygens (including phenoxy) is 1. The SMILES string of the molecule is COc1cc(-c2ccc(C=O)c(F)c2)sn1. The van der Waals surface area contributed by atoms with Crippen molar-refractivity contribution in [3.05, 3.63) is 35.6 Å². The van der Waals surface area contributed by atoms with E-state index in [2.05, 4.69) is 4.37 Å². The van der Waals surface area contributed by atoms with E-state index in [1.807, 2.05) is 0 Å². The lowest BCUT2D eigenvalue weighted by molar-refractivity contribution is 0.112. The highest BCUT2D eigenvalue weighted by Gasteiger charge is 2.07. The second kappa shape index (κ2) is 4.40. The third-order valence-electron chi connectivity index (χ3n) is 2.11. The Morgan fingerprint density at radius 1 is 1.44 bits per heavy atom. The van der Waals surface area contributed by atoms with Gasteiger partial charge in [-0.15, -0.1) is 0 Å². The van der Waals surface area contributed by atoms with Crippen molar-refractivity contribution in [2.45, 2.75) is 0 Å². The third-order valence-corrected chi connectivity index (χ3v) is 2.93. The molecule has 0 aliphatic carbocycles. The van der Waals surface area contributed by atoms with Crippen LogP contribution in [0.3, 0.4) is 0 Å². The van der Waals surface area contributed by atoms with Gasteiger partial charge in [-0.25, -0.2) is 4.39 Å². The summed E-state index contributed by atoms with van der Waals surface area (Å²) in [5.41, 5.74) is 0.740. The highest BCUT2D eigenvalue weighted by atomic mass is 32.1. The molecule has 0 N–H and O–H groups in total. The molecule has 0 fully saturated rings. The van der Waals surface area contributed by atoms with Crippen LogP contribution in [0.5, 0.6) is 5.88 Å². The van der Waals surface area contributed by atoms with Gasteiger partial charge < -0.3 is 4.74 Å². The lowest BCUT2D eigenvalue weighted by Gasteiger charge is -1.98. The Kier molecular flexibility index (Phi) is 2.96. The topological polar surface area (TPSA) is 39.2 Å². The van der Waals surface area contributed by atoms with E-state index in [4.69, 9.17) is 4.74 Å². The molecule has 0 atom stereocenters. The van der Waals surface area contributed by atoms with Gasteiger partial charge in [0.05, 0.1) is 17.6 Å². The molecule has 1 heterocycles. The van der Waals surface area contributed by atoms with Gasteiger partial charge in [-0.05, 0) is 29.2 Å². The second-order valence-corrected chi connectivity index (χ2v) is 3.89. The van der Waals surface area contributed by atoms with Gasteiger partial charge in [0.25, 0.3) is 0 Å². The number of aldehydes is 1. The number of carbonyl (C=O) groups is 1. The van der Waals surface area contributed by atoms with Crippen LogP contribution in [0.25, 0.3) is 10.4 Å². The minimum absolute atomic E-state index is 0.0558. The van der Waals surface area contributed by atoms with Crippen LogP contribution in [0, 0.1) is 5.82 Å². The Morgan fingerprint density at radius 3 is 2.81 bits per heavy atom. The van der Waals surface area contributed by atoms with Gasteiger partial charge in [-0.2, -0.15) is 4.37 Å². The van der Waals surface area contributed by atoms with Gasteiger partial charge in [0, 0.05) is 6.07 Å². The minimum Gasteiger partial charge on any atom is -0.480 e. The van der Waals surface area contributed by atoms with E-state index >= 15 is 0 Å². The zero-order valence-electron chi connectivity index (χ0n) is 8.44. The number of carbonyl (C=O) groups excluding carboxylic acids is 1. The number of aromatic nitrogens is 1. The lowest BCUT2D eigenvalue weighted by atomic mass is 10.1. The molecule has 0 amide bonds. The molecule has 0 bridgehead atoms. The zero-order valence-corrected chi connectivity index (χ0v) is 9.25. The van der Waals surface area contributed by atoms with Crippen molar-refractivity contribution in [2.75, 3.05) is 7.11 Å². The fraction of sp³-hybridized carbons (Fsp3) is 0.0909. The van der Waals surface area contributed by atoms with Gasteiger partial charge in [0.15, 0.2) is 6.29 Å². The Bertz CT molecular complexity index is 524. The van der Waals surface area contributed by atoms with Gasteiger partial charge in [-0.3, -0.25) is 4.79 Å². The average Bonchev–Trinajstić information content (AvgIpc) is 2.77. The first-order chi connectivity index (χ1) is 7.74. The third kappa shape index (κ3) is 1.94. The monoisotopic (exact) mass is 237 g/mol. The van der Waals surface area contributed by atoms with E-state index in [9.17, 15) is 9.18 Å². The largest absolute Gasteiger partial charge is 0.480 e. The van der Waals surface area contributed by atoms with Crippen molar-refractivity contribution in [1.29, 1.82) is 0 Å². The van der Waals surface area contributed by atoms with Gasteiger partial charge in [-0.1, -0.05) is 6.07 Å². The number of hydrogen-bond acceptors (Lipinski definition) is 4. The molecule has 3 nitrogen and oxygen atoms in total. The van der Waals surface area contributed by atoms with Gasteiger partial charge in [0.2, 0.25) is 5.88 Å². The number of halogens is 1. The summed E-state index contributed by atoms with van der Waals surface area (Å²) in [6.45, 7) is 0. The lowest BCUT2D eigenvalue weighted by Crippen LogP contribution is -1.87. The summed E-state index contributed by atoms with van der Waals surface area (Å²) in [5.74, 6) is -0.0280. The molecular formula is C11H8FNO2S. The summed E-state index contributed by atoms with van der Waals surface area (Å²) >= 11 is 1.22. The van der Waals surface area contributed by atoms with E-state index < -0.39 is 5.82 Å². The first-order valence-electron chi connectivity index (χ1n) is 4.50. The van der Waals surface area contributed by atoms with Crippen LogP contribution in [0.2, 0.25) is 0 Å². The van der Waals surface area contributed by atoms with E-state index in [1.54, 1.807) is 12.1 Å². The van der Waals surface area contributed by atoms with Gasteiger partial charge >= 0.3 is 0 Å². The Hall–Kier alpha value is -1.75. The normalized spacial score (nSPS) is 10.1. The summed E-state index contributed by atoms with van der Waals surface area (Å²) in [6, 6.07) is 6.17. The summed E-state index contributed by atoms with van der Waals surface area (Å²) in [4.78, 5) is 11.3. The molecule has 0 radical (unpaired) electrons. The number of nitrogens with zero attached hydrogens (tertiary/aromatic N) is 1. The predicted octanol–water partition coefficient (Wildman–Crippen LogP) is 2.77. The number of hydrogen-bond donors (Lipinski definition) is 0. The Morgan fingerprint density at radius 2 is 2.25 bits per heavy atom. The first kappa shape index (κ1) is 10.8. The molecule has 5 heteroatoms. The molecule has 0 aliphatic rings. The Balaban J connectivity index is 2.40. The molecule has 1 aromatic heterocycles. The maximum absolute atomic E-state index is 13.3. The average molecular weight is 237 g/mol. The molecule has 0 aliphatic heterocycles. The summed E-state index contributed by atoms with van der Waals surface area (Å²) in [5, 5.41) is 0. The van der Waals surface area contributed by atoms with Crippen LogP contribution in [-0.2, 0) is 0 Å². The molecule has 0 unspecified atom stereocenters. The maximum atomic E-state index is 13.3. The summed E-state index contributed by atoms with van der Waals surface area (Å²) in [6.07, 6.45) is 0.492. The summed E-state index contributed by atoms with van der Waals surface area (Å²) in [7, 11) is 1.52. The zero-order chi connectivity index (χ0) is 11.5. The first-order valence-corrected chi connectivity index (χ1v) is 5.27. The number of rotatable bonds is 3. The van der Waals surface area contributed by atoms with Crippen LogP contribution in [0.1, 0.15) is 10.4 Å². The fourth-order valence-electron chi connectivity index (χ4n) is 1.27. The van der Waals surface area contributed by atoms with E-state index in [0.29, 0.717) is 17.7 Å². The van der Waals surface area contributed by atoms with Crippen molar-refractivity contribution < 1.29 is 13.9 Å². The van der Waals surface area contributed by atoms with Crippen LogP contribution in [0.15, 0.2) is 24.3 Å². The molecular weight excluding hydrogens is 229 g/mol. The molecule has 82 valence electrons. The summed E-state index contributed by atoms with van der Waals surface area (Å²) < 4.78 is 22.3. The molecule has 16 heavy (non-hydrogen) atoms. The number of methoxy groups -OCH3 is 1. The van der Waals surface area contributed by atoms with Gasteiger partial charge in [0.1, 0.15) is 5.82 Å². The van der Waals surface area contributed by atoms with E-state index in [-0.39, 0.29) is 5.56 Å². The molecule has 0 spiro atoms. The van der Waals surface area contributed by atoms with Crippen molar-refractivity contribution in [3.8, 4) is 16.3 Å². The second-order valence-electron chi connectivity index (χ2n) is 3.09. The molecule has 2 aromatic rings. The van der Waals surface area contributed by atoms with Crippen molar-refractivity contribution in [1.82, 2.24) is 4.37 Å². The van der Waals surface area contributed by atoms with Crippen molar-refractivity contribution >= 4 is 17.8 Å². The van der Waals surface area contributed by atoms with Crippen LogP contribution < -0.4 is 4.74 Å². The fourth-order valence-corrected chi connectivity index (χ4v) is 1.97. The van der Waals surface area contributed by atoms with Crippen molar-refractivity contribution in [2.24, 2.45) is 0 Å².